The van der Waals surface area contributed by atoms with E-state index in [2.05, 4.69) is 142 Å². The Balaban J connectivity index is 1.21. The quantitative estimate of drug-likeness (QED) is 0.188. The van der Waals surface area contributed by atoms with Gasteiger partial charge in [0.25, 0.3) is 0 Å². The molecule has 0 aliphatic rings. The Morgan fingerprint density at radius 1 is 0.380 bits per heavy atom. The maximum absolute atomic E-state index is 5.07. The lowest BCUT2D eigenvalue weighted by molar-refractivity contribution is 1.14. The molecule has 0 amide bonds. The van der Waals surface area contributed by atoms with Gasteiger partial charge >= 0.3 is 0 Å². The van der Waals surface area contributed by atoms with Gasteiger partial charge in [0.05, 0.1) is 33.5 Å². The van der Waals surface area contributed by atoms with Crippen LogP contribution in [0.2, 0.25) is 0 Å². The number of benzene rings is 6. The van der Waals surface area contributed by atoms with Gasteiger partial charge in [-0.25, -0.2) is 9.97 Å². The van der Waals surface area contributed by atoms with Gasteiger partial charge in [-0.15, -0.1) is 0 Å². The minimum absolute atomic E-state index is 0.690. The minimum Gasteiger partial charge on any atom is -0.307 e. The number of hydrogen-bond donors (Lipinski definition) is 0. The van der Waals surface area contributed by atoms with E-state index >= 15 is 0 Å². The number of rotatable bonds is 5. The van der Waals surface area contributed by atoms with Crippen molar-refractivity contribution < 1.29 is 0 Å². The number of hydrogen-bond acceptors (Lipinski definition) is 3. The molecule has 0 saturated carbocycles. The van der Waals surface area contributed by atoms with Crippen molar-refractivity contribution in [1.82, 2.24) is 24.1 Å². The summed E-state index contributed by atoms with van der Waals surface area (Å²) in [7, 11) is 0. The van der Waals surface area contributed by atoms with Gasteiger partial charge in [0.15, 0.2) is 5.82 Å². The van der Waals surface area contributed by atoms with Crippen LogP contribution >= 0.6 is 0 Å². The second kappa shape index (κ2) is 11.4. The predicted molar refractivity (Wildman–Crippen MR) is 205 cm³/mol. The summed E-state index contributed by atoms with van der Waals surface area (Å²) in [6, 6.07) is 57.3. The van der Waals surface area contributed by atoms with Gasteiger partial charge in [-0.2, -0.15) is 0 Å². The number of aromatic nitrogens is 5. The number of pyridine rings is 1. The molecule has 0 fully saturated rings. The normalized spacial score (nSPS) is 11.6. The van der Waals surface area contributed by atoms with Crippen molar-refractivity contribution in [3.63, 3.8) is 0 Å². The largest absolute Gasteiger partial charge is 0.307 e. The first kappa shape index (κ1) is 28.2. The fraction of sp³-hybridized carbons (Fsp3) is 0. The molecule has 5 nitrogen and oxygen atoms in total. The molecule has 0 aliphatic heterocycles. The van der Waals surface area contributed by atoms with Crippen LogP contribution in [-0.4, -0.2) is 24.1 Å². The molecule has 50 heavy (non-hydrogen) atoms. The molecule has 4 heterocycles. The van der Waals surface area contributed by atoms with E-state index in [-0.39, 0.29) is 0 Å². The molecule has 234 valence electrons. The molecular formula is C45H29N5. The highest BCUT2D eigenvalue weighted by Gasteiger charge is 2.21. The van der Waals surface area contributed by atoms with Gasteiger partial charge in [0.1, 0.15) is 0 Å². The number of fused-ring (bicyclic) bond motifs is 7. The Labute approximate surface area is 288 Å². The summed E-state index contributed by atoms with van der Waals surface area (Å²) in [4.78, 5) is 14.7. The van der Waals surface area contributed by atoms with Crippen molar-refractivity contribution >= 4 is 43.6 Å². The zero-order valence-corrected chi connectivity index (χ0v) is 27.0. The van der Waals surface area contributed by atoms with Gasteiger partial charge in [0.2, 0.25) is 0 Å². The zero-order valence-electron chi connectivity index (χ0n) is 27.0. The summed E-state index contributed by atoms with van der Waals surface area (Å²) in [5.74, 6) is 0.690. The molecule has 0 N–H and O–H groups in total. The van der Waals surface area contributed by atoms with Gasteiger partial charge in [-0.1, -0.05) is 109 Å². The van der Waals surface area contributed by atoms with Gasteiger partial charge in [-0.3, -0.25) is 4.98 Å². The average molecular weight is 640 g/mol. The van der Waals surface area contributed by atoms with Crippen LogP contribution in [0.25, 0.3) is 88.9 Å². The van der Waals surface area contributed by atoms with E-state index in [1.165, 1.54) is 21.8 Å². The molecule has 0 unspecified atom stereocenters. The van der Waals surface area contributed by atoms with Crippen molar-refractivity contribution in [3.05, 3.63) is 176 Å². The number of nitrogens with zero attached hydrogens (tertiary/aromatic N) is 5. The van der Waals surface area contributed by atoms with E-state index in [1.54, 1.807) is 0 Å². The van der Waals surface area contributed by atoms with E-state index < -0.39 is 0 Å². The Bertz CT molecular complexity index is 2780. The molecule has 0 aliphatic carbocycles. The molecule has 0 bridgehead atoms. The van der Waals surface area contributed by atoms with Crippen LogP contribution in [0, 0.1) is 0 Å². The Hall–Kier alpha value is -6.85. The van der Waals surface area contributed by atoms with E-state index in [9.17, 15) is 0 Å². The Morgan fingerprint density at radius 2 is 0.900 bits per heavy atom. The van der Waals surface area contributed by atoms with Crippen molar-refractivity contribution in [2.45, 2.75) is 0 Å². The van der Waals surface area contributed by atoms with Crippen LogP contribution in [-0.2, 0) is 0 Å². The van der Waals surface area contributed by atoms with Gasteiger partial charge < -0.3 is 9.13 Å². The Morgan fingerprint density at radius 3 is 1.54 bits per heavy atom. The summed E-state index contributed by atoms with van der Waals surface area (Å²) in [5, 5.41) is 4.72. The lowest BCUT2D eigenvalue weighted by Gasteiger charge is -2.13. The summed E-state index contributed by atoms with van der Waals surface area (Å²) < 4.78 is 4.78. The van der Waals surface area contributed by atoms with E-state index in [1.807, 2.05) is 48.8 Å². The lowest BCUT2D eigenvalue weighted by Crippen LogP contribution is -1.99. The molecule has 0 atom stereocenters. The van der Waals surface area contributed by atoms with Gasteiger partial charge in [-0.05, 0) is 54.6 Å². The highest BCUT2D eigenvalue weighted by atomic mass is 15.0. The standard InChI is InChI=1S/C45H29N5/c1-4-12-30(13-5-1)39-28-40(31-14-6-2-7-15-31)48-45(47-39)32-20-22-34(23-21-32)50-42-26-27-46-29-38(42)37-25-24-36-35-18-10-11-19-41(35)49(43(36)44(37)50)33-16-8-3-9-17-33/h1-29H. The van der Waals surface area contributed by atoms with Crippen molar-refractivity contribution in [2.24, 2.45) is 0 Å². The van der Waals surface area contributed by atoms with Crippen molar-refractivity contribution in [3.8, 4) is 45.3 Å². The molecule has 0 spiro atoms. The van der Waals surface area contributed by atoms with Crippen LogP contribution in [0.3, 0.4) is 0 Å². The van der Waals surface area contributed by atoms with Crippen LogP contribution in [0.15, 0.2) is 176 Å². The average Bonchev–Trinajstić information content (AvgIpc) is 3.72. The van der Waals surface area contributed by atoms with E-state index in [4.69, 9.17) is 9.97 Å². The predicted octanol–water partition coefficient (Wildman–Crippen LogP) is 11.1. The second-order valence-corrected chi connectivity index (χ2v) is 12.5. The number of para-hydroxylation sites is 2. The fourth-order valence-corrected chi connectivity index (χ4v) is 7.36. The topological polar surface area (TPSA) is 48.5 Å². The zero-order chi connectivity index (χ0) is 33.0. The summed E-state index contributed by atoms with van der Waals surface area (Å²) in [6.45, 7) is 0. The molecule has 10 aromatic rings. The minimum atomic E-state index is 0.690. The molecule has 5 heteroatoms. The SMILES string of the molecule is c1ccc(-c2cc(-c3ccccc3)nc(-c3ccc(-n4c5ccncc5c5ccc6c7ccccc7n(-c7ccccc7)c6c54)cc3)n2)cc1. The molecule has 10 rings (SSSR count). The smallest absolute Gasteiger partial charge is 0.160 e. The van der Waals surface area contributed by atoms with E-state index in [0.717, 1.165) is 61.3 Å². The van der Waals surface area contributed by atoms with Crippen LogP contribution in [0.4, 0.5) is 0 Å². The maximum atomic E-state index is 5.07. The highest BCUT2D eigenvalue weighted by molar-refractivity contribution is 6.23. The van der Waals surface area contributed by atoms with E-state index in [0.29, 0.717) is 5.82 Å². The van der Waals surface area contributed by atoms with Crippen LogP contribution in [0.5, 0.6) is 0 Å². The first-order valence-electron chi connectivity index (χ1n) is 16.8. The van der Waals surface area contributed by atoms with Crippen LogP contribution in [0.1, 0.15) is 0 Å². The monoisotopic (exact) mass is 639 g/mol. The second-order valence-electron chi connectivity index (χ2n) is 12.5. The first-order valence-corrected chi connectivity index (χ1v) is 16.8. The summed E-state index contributed by atoms with van der Waals surface area (Å²) in [5.41, 5.74) is 11.6. The third-order valence-electron chi connectivity index (χ3n) is 9.63. The first-order chi connectivity index (χ1) is 24.8. The third kappa shape index (κ3) is 4.45. The summed E-state index contributed by atoms with van der Waals surface area (Å²) >= 11 is 0. The molecular weight excluding hydrogens is 611 g/mol. The molecule has 0 radical (unpaired) electrons. The van der Waals surface area contributed by atoms with Crippen LogP contribution < -0.4 is 0 Å². The fourth-order valence-electron chi connectivity index (χ4n) is 7.36. The maximum Gasteiger partial charge on any atom is 0.160 e. The molecule has 4 aromatic heterocycles. The van der Waals surface area contributed by atoms with Crippen molar-refractivity contribution in [1.29, 1.82) is 0 Å². The summed E-state index contributed by atoms with van der Waals surface area (Å²) in [6.07, 6.45) is 3.86. The molecule has 0 saturated heterocycles. The lowest BCUT2D eigenvalue weighted by atomic mass is 10.1. The Kier molecular flexibility index (Phi) is 6.42. The van der Waals surface area contributed by atoms with Gasteiger partial charge in [0, 0.05) is 62.0 Å². The molecule has 6 aromatic carbocycles. The highest BCUT2D eigenvalue weighted by Crippen LogP contribution is 2.41. The van der Waals surface area contributed by atoms with Crippen molar-refractivity contribution in [2.75, 3.05) is 0 Å². The third-order valence-corrected chi connectivity index (χ3v) is 9.63.